The summed E-state index contributed by atoms with van der Waals surface area (Å²) in [4.78, 5) is 30.4. The van der Waals surface area contributed by atoms with Crippen LogP contribution in [0.3, 0.4) is 0 Å². The van der Waals surface area contributed by atoms with E-state index in [1.165, 1.54) is 6.20 Å². The predicted octanol–water partition coefficient (Wildman–Crippen LogP) is 3.23. The lowest BCUT2D eigenvalue weighted by atomic mass is 9.95. The van der Waals surface area contributed by atoms with Gasteiger partial charge in [0.05, 0.1) is 11.8 Å². The van der Waals surface area contributed by atoms with Crippen molar-refractivity contribution in [3.05, 3.63) is 75.9 Å². The fourth-order valence-corrected chi connectivity index (χ4v) is 3.98. The van der Waals surface area contributed by atoms with Crippen molar-refractivity contribution in [2.45, 2.75) is 19.9 Å². The molecule has 0 radical (unpaired) electrons. The Balaban J connectivity index is 1.67. The van der Waals surface area contributed by atoms with Gasteiger partial charge in [-0.3, -0.25) is 20.1 Å². The quantitative estimate of drug-likeness (QED) is 0.387. The fraction of sp³-hybridized carbons (Fsp3) is 0.208. The Morgan fingerprint density at radius 2 is 2.17 bits per heavy atom. The number of aliphatic imine (C=N–C) groups is 2. The first-order chi connectivity index (χ1) is 16.9. The van der Waals surface area contributed by atoms with Crippen molar-refractivity contribution in [2.24, 2.45) is 15.7 Å². The van der Waals surface area contributed by atoms with E-state index in [-0.39, 0.29) is 18.5 Å². The third-order valence-corrected chi connectivity index (χ3v) is 5.64. The number of allylic oxidation sites excluding steroid dienone is 1. The number of halogens is 1. The number of pyridine rings is 1. The average Bonchev–Trinajstić information content (AvgIpc) is 3.23. The van der Waals surface area contributed by atoms with Gasteiger partial charge in [-0.15, -0.1) is 0 Å². The van der Waals surface area contributed by atoms with E-state index in [0.717, 1.165) is 5.56 Å². The highest BCUT2D eigenvalue weighted by atomic mass is 35.5. The van der Waals surface area contributed by atoms with Crippen LogP contribution in [0.4, 0.5) is 6.01 Å². The summed E-state index contributed by atoms with van der Waals surface area (Å²) >= 11 is 6.59. The van der Waals surface area contributed by atoms with Gasteiger partial charge in [0.2, 0.25) is 5.96 Å². The molecule has 0 aliphatic carbocycles. The van der Waals surface area contributed by atoms with E-state index in [1.807, 2.05) is 25.1 Å². The Morgan fingerprint density at radius 3 is 2.89 bits per heavy atom. The zero-order chi connectivity index (χ0) is 24.9. The van der Waals surface area contributed by atoms with Crippen LogP contribution in [-0.4, -0.2) is 41.6 Å². The Morgan fingerprint density at radius 1 is 1.34 bits per heavy atom. The van der Waals surface area contributed by atoms with Gasteiger partial charge in [0.25, 0.3) is 5.91 Å². The first-order valence-electron chi connectivity index (χ1n) is 10.8. The van der Waals surface area contributed by atoms with Crippen LogP contribution < -0.4 is 21.7 Å². The molecule has 5 N–H and O–H groups in total. The molecule has 1 aliphatic rings. The smallest absolute Gasteiger partial charge is 0.302 e. The number of aryl methyl sites for hydroxylation is 1. The van der Waals surface area contributed by atoms with Crippen LogP contribution in [-0.2, 0) is 4.79 Å². The summed E-state index contributed by atoms with van der Waals surface area (Å²) in [6.45, 7) is 3.95. The van der Waals surface area contributed by atoms with Crippen LogP contribution in [0.1, 0.15) is 24.1 Å². The number of nitrogens with two attached hydrogens (primary N) is 1. The second-order valence-electron chi connectivity index (χ2n) is 7.87. The van der Waals surface area contributed by atoms with Gasteiger partial charge in [0.1, 0.15) is 11.6 Å². The Bertz CT molecular complexity index is 1360. The highest BCUT2D eigenvalue weighted by Gasteiger charge is 2.31. The molecule has 11 heteroatoms. The van der Waals surface area contributed by atoms with Gasteiger partial charge in [-0.05, 0) is 25.5 Å². The summed E-state index contributed by atoms with van der Waals surface area (Å²) in [7, 11) is 1.63. The number of amides is 1. The molecule has 1 atom stereocenters. The van der Waals surface area contributed by atoms with Crippen LogP contribution in [0.5, 0.6) is 0 Å². The van der Waals surface area contributed by atoms with Gasteiger partial charge in [0, 0.05) is 60.1 Å². The highest BCUT2D eigenvalue weighted by Crippen LogP contribution is 2.35. The number of nitrogens with zero attached hydrogens (tertiary/aromatic N) is 4. The minimum atomic E-state index is -0.678. The standard InChI is InChI=1S/C24H25ClN8O2/c1-13-4-5-16(17(25)8-13)21-20(22(34)29-11-15(9-26)10-27-3)14(2)30-23(32-21)33-24-31-18-12-28-7-6-19(18)35-24/h4-10,12,21H,11,26H2,1-3H3,(H,29,34)(H2,30,31,32,33). The van der Waals surface area contributed by atoms with Crippen LogP contribution in [0.2, 0.25) is 5.02 Å². The molecule has 1 aromatic carbocycles. The zero-order valence-corrected chi connectivity index (χ0v) is 20.2. The second kappa shape index (κ2) is 10.4. The van der Waals surface area contributed by atoms with E-state index >= 15 is 0 Å². The van der Waals surface area contributed by atoms with Crippen molar-refractivity contribution in [1.29, 1.82) is 0 Å². The summed E-state index contributed by atoms with van der Waals surface area (Å²) in [5.41, 5.74) is 10.2. The Labute approximate surface area is 207 Å². The topological polar surface area (TPSA) is 143 Å². The molecule has 1 unspecified atom stereocenters. The minimum absolute atomic E-state index is 0.212. The molecule has 4 rings (SSSR count). The SMILES string of the molecule is CN=CC(=CN)CNC(=O)C1=C(C)NC(Nc2nc3cnccc3o2)=NC1c1ccc(C)cc1Cl. The number of aromatic nitrogens is 2. The van der Waals surface area contributed by atoms with Crippen LogP contribution in [0, 0.1) is 6.92 Å². The molecule has 0 spiro atoms. The van der Waals surface area contributed by atoms with E-state index in [2.05, 4.69) is 30.9 Å². The molecule has 0 fully saturated rings. The van der Waals surface area contributed by atoms with E-state index in [0.29, 0.717) is 44.5 Å². The molecule has 0 bridgehead atoms. The second-order valence-corrected chi connectivity index (χ2v) is 8.28. The maximum absolute atomic E-state index is 13.3. The van der Waals surface area contributed by atoms with E-state index in [9.17, 15) is 4.79 Å². The van der Waals surface area contributed by atoms with Crippen molar-refractivity contribution >= 4 is 46.8 Å². The molecule has 1 aliphatic heterocycles. The molecule has 1 amide bonds. The van der Waals surface area contributed by atoms with Gasteiger partial charge < -0.3 is 20.8 Å². The molecule has 180 valence electrons. The highest BCUT2D eigenvalue weighted by molar-refractivity contribution is 6.31. The van der Waals surface area contributed by atoms with Gasteiger partial charge in [-0.2, -0.15) is 4.98 Å². The van der Waals surface area contributed by atoms with Crippen molar-refractivity contribution < 1.29 is 9.21 Å². The Kier molecular flexibility index (Phi) is 7.11. The Hall–Kier alpha value is -4.18. The number of guanidine groups is 1. The normalized spacial score (nSPS) is 16.4. The number of fused-ring (bicyclic) bond motifs is 1. The van der Waals surface area contributed by atoms with Gasteiger partial charge in [0.15, 0.2) is 5.58 Å². The summed E-state index contributed by atoms with van der Waals surface area (Å²) < 4.78 is 5.73. The molecule has 3 heterocycles. The van der Waals surface area contributed by atoms with Gasteiger partial charge in [-0.1, -0.05) is 23.7 Å². The number of anilines is 1. The van der Waals surface area contributed by atoms with Crippen molar-refractivity contribution in [2.75, 3.05) is 18.9 Å². The van der Waals surface area contributed by atoms with Crippen LogP contribution >= 0.6 is 11.6 Å². The molecule has 3 aromatic rings. The lowest BCUT2D eigenvalue weighted by Gasteiger charge is -2.27. The maximum Gasteiger partial charge on any atom is 0.302 e. The molecule has 0 saturated heterocycles. The monoisotopic (exact) mass is 492 g/mol. The molecular formula is C24H25ClN8O2. The number of carbonyl (C=O) groups is 1. The number of carbonyl (C=O) groups excluding carboxylic acids is 1. The predicted molar refractivity (Wildman–Crippen MR) is 137 cm³/mol. The number of hydrogen-bond donors (Lipinski definition) is 4. The van der Waals surface area contributed by atoms with Crippen LogP contribution in [0.25, 0.3) is 11.1 Å². The molecule has 10 nitrogen and oxygen atoms in total. The summed E-state index contributed by atoms with van der Waals surface area (Å²) in [6, 6.07) is 6.92. The first-order valence-corrected chi connectivity index (χ1v) is 11.2. The number of benzene rings is 1. The van der Waals surface area contributed by atoms with Crippen LogP contribution in [0.15, 0.2) is 74.1 Å². The van der Waals surface area contributed by atoms with E-state index in [4.69, 9.17) is 26.7 Å². The molecule has 2 aromatic heterocycles. The number of oxazole rings is 1. The van der Waals surface area contributed by atoms with Crippen molar-refractivity contribution in [1.82, 2.24) is 20.6 Å². The number of rotatable bonds is 6. The number of nitrogens with one attached hydrogen (secondary N) is 3. The van der Waals surface area contributed by atoms with Gasteiger partial charge in [-0.25, -0.2) is 4.99 Å². The molecule has 0 saturated carbocycles. The number of hydrogen-bond acceptors (Lipinski definition) is 9. The van der Waals surface area contributed by atoms with Crippen molar-refractivity contribution in [3.63, 3.8) is 0 Å². The third kappa shape index (κ3) is 5.33. The largest absolute Gasteiger partial charge is 0.423 e. The lowest BCUT2D eigenvalue weighted by molar-refractivity contribution is -0.117. The third-order valence-electron chi connectivity index (χ3n) is 5.31. The lowest BCUT2D eigenvalue weighted by Crippen LogP contribution is -2.39. The molecular weight excluding hydrogens is 468 g/mol. The average molecular weight is 493 g/mol. The fourth-order valence-electron chi connectivity index (χ4n) is 3.64. The van der Waals surface area contributed by atoms with Crippen molar-refractivity contribution in [3.8, 4) is 0 Å². The summed E-state index contributed by atoms with van der Waals surface area (Å²) in [5, 5.41) is 9.57. The first kappa shape index (κ1) is 24.0. The summed E-state index contributed by atoms with van der Waals surface area (Å²) in [5.74, 6) is 0.0529. The zero-order valence-electron chi connectivity index (χ0n) is 19.5. The maximum atomic E-state index is 13.3. The molecule has 35 heavy (non-hydrogen) atoms. The van der Waals surface area contributed by atoms with E-state index < -0.39 is 6.04 Å². The van der Waals surface area contributed by atoms with E-state index in [1.54, 1.807) is 38.6 Å². The summed E-state index contributed by atoms with van der Waals surface area (Å²) in [6.07, 6.45) is 6.22. The minimum Gasteiger partial charge on any atom is -0.423 e. The van der Waals surface area contributed by atoms with Gasteiger partial charge >= 0.3 is 6.01 Å².